The van der Waals surface area contributed by atoms with Crippen LogP contribution in [-0.4, -0.2) is 11.6 Å². The summed E-state index contributed by atoms with van der Waals surface area (Å²) >= 11 is 0. The van der Waals surface area contributed by atoms with Crippen molar-refractivity contribution in [2.24, 2.45) is 0 Å². The molecule has 0 spiro atoms. The molecule has 4 heteroatoms. The number of para-hydroxylation sites is 1. The molecule has 0 saturated carbocycles. The van der Waals surface area contributed by atoms with E-state index in [1.807, 2.05) is 31.2 Å². The van der Waals surface area contributed by atoms with Gasteiger partial charge >= 0.3 is 0 Å². The molecule has 0 bridgehead atoms. The van der Waals surface area contributed by atoms with E-state index in [1.165, 1.54) is 6.08 Å². The molecule has 0 aliphatic rings. The zero-order chi connectivity index (χ0) is 15.4. The summed E-state index contributed by atoms with van der Waals surface area (Å²) in [5.41, 5.74) is 9.89. The minimum atomic E-state index is -0.284. The van der Waals surface area contributed by atoms with E-state index in [0.29, 0.717) is 28.2 Å². The zero-order valence-corrected chi connectivity index (χ0v) is 11.8. The molecule has 1 amide bonds. The summed E-state index contributed by atoms with van der Waals surface area (Å²) in [6, 6.07) is 12.7. The summed E-state index contributed by atoms with van der Waals surface area (Å²) < 4.78 is 0. The molecule has 2 rings (SSSR count). The average molecular weight is 279 g/mol. The van der Waals surface area contributed by atoms with Crippen molar-refractivity contribution in [2.75, 3.05) is 11.1 Å². The molecule has 0 atom stereocenters. The number of rotatable bonds is 4. The summed E-state index contributed by atoms with van der Waals surface area (Å²) in [4.78, 5) is 11.3. The van der Waals surface area contributed by atoms with Crippen molar-refractivity contribution in [3.05, 3.63) is 71.8 Å². The van der Waals surface area contributed by atoms with Gasteiger partial charge in [-0.3, -0.25) is 10.2 Å². The molecule has 4 N–H and O–H groups in total. The molecular formula is C17H17N3O. The second-order valence-electron chi connectivity index (χ2n) is 4.69. The third-order valence-electron chi connectivity index (χ3n) is 3.20. The molecule has 0 saturated heterocycles. The number of amides is 1. The molecule has 2 aromatic rings. The fraction of sp³-hybridized carbons (Fsp3) is 0.0588. The molecule has 4 nitrogen and oxygen atoms in total. The van der Waals surface area contributed by atoms with Crippen LogP contribution in [0.15, 0.2) is 55.1 Å². The van der Waals surface area contributed by atoms with Crippen LogP contribution in [0, 0.1) is 12.3 Å². The molecule has 0 fully saturated rings. The van der Waals surface area contributed by atoms with Crippen molar-refractivity contribution in [3.8, 4) is 0 Å². The highest BCUT2D eigenvalue weighted by molar-refractivity contribution is 6.14. The van der Waals surface area contributed by atoms with Crippen LogP contribution in [-0.2, 0) is 4.79 Å². The monoisotopic (exact) mass is 279 g/mol. The van der Waals surface area contributed by atoms with Gasteiger partial charge in [0.05, 0.1) is 5.71 Å². The number of hydrogen-bond donors (Lipinski definition) is 3. The second-order valence-corrected chi connectivity index (χ2v) is 4.69. The van der Waals surface area contributed by atoms with Crippen LogP contribution in [0.2, 0.25) is 0 Å². The van der Waals surface area contributed by atoms with Crippen molar-refractivity contribution in [3.63, 3.8) is 0 Å². The lowest BCUT2D eigenvalue weighted by molar-refractivity contribution is -0.111. The Kier molecular flexibility index (Phi) is 4.18. The standard InChI is InChI=1S/C17H17N3O/c1-3-15(21)20-13-8-5-7-12(10-13)17(19)14-9-4-6-11(2)16(14)18/h3-10,19H,1,18H2,2H3,(H,20,21). The Morgan fingerprint density at radius 2 is 2.00 bits per heavy atom. The Morgan fingerprint density at radius 1 is 1.29 bits per heavy atom. The predicted molar refractivity (Wildman–Crippen MR) is 86.8 cm³/mol. The van der Waals surface area contributed by atoms with Gasteiger partial charge in [-0.25, -0.2) is 0 Å². The van der Waals surface area contributed by atoms with Crippen LogP contribution in [0.25, 0.3) is 0 Å². The summed E-state index contributed by atoms with van der Waals surface area (Å²) in [5.74, 6) is -0.284. The van der Waals surface area contributed by atoms with Crippen LogP contribution in [0.4, 0.5) is 11.4 Å². The van der Waals surface area contributed by atoms with E-state index >= 15 is 0 Å². The lowest BCUT2D eigenvalue weighted by atomic mass is 9.98. The maximum absolute atomic E-state index is 11.3. The summed E-state index contributed by atoms with van der Waals surface area (Å²) in [6.45, 7) is 5.32. The molecule has 0 aromatic heterocycles. The average Bonchev–Trinajstić information content (AvgIpc) is 2.49. The van der Waals surface area contributed by atoms with E-state index in [2.05, 4.69) is 11.9 Å². The number of carbonyl (C=O) groups is 1. The summed E-state index contributed by atoms with van der Waals surface area (Å²) in [5, 5.41) is 11.0. The van der Waals surface area contributed by atoms with Gasteiger partial charge in [0.15, 0.2) is 0 Å². The fourth-order valence-corrected chi connectivity index (χ4v) is 2.00. The Hall–Kier alpha value is -2.88. The lowest BCUT2D eigenvalue weighted by Gasteiger charge is -2.11. The number of hydrogen-bond acceptors (Lipinski definition) is 3. The number of anilines is 2. The van der Waals surface area contributed by atoms with Crippen molar-refractivity contribution in [2.45, 2.75) is 6.92 Å². The summed E-state index contributed by atoms with van der Waals surface area (Å²) in [6.07, 6.45) is 1.20. The Balaban J connectivity index is 2.35. The van der Waals surface area contributed by atoms with E-state index < -0.39 is 0 Å². The van der Waals surface area contributed by atoms with Gasteiger partial charge in [-0.2, -0.15) is 0 Å². The Morgan fingerprint density at radius 3 is 2.71 bits per heavy atom. The molecule has 0 aliphatic carbocycles. The van der Waals surface area contributed by atoms with Crippen LogP contribution in [0.3, 0.4) is 0 Å². The maximum atomic E-state index is 11.3. The highest BCUT2D eigenvalue weighted by atomic mass is 16.1. The van der Waals surface area contributed by atoms with Crippen LogP contribution >= 0.6 is 0 Å². The SMILES string of the molecule is C=CC(=O)Nc1cccc(C(=N)c2cccc(C)c2N)c1. The predicted octanol–water partition coefficient (Wildman–Crippen LogP) is 3.12. The summed E-state index contributed by atoms with van der Waals surface area (Å²) in [7, 11) is 0. The first-order valence-electron chi connectivity index (χ1n) is 6.51. The number of carbonyl (C=O) groups excluding carboxylic acids is 1. The fourth-order valence-electron chi connectivity index (χ4n) is 2.00. The van der Waals surface area contributed by atoms with Gasteiger partial charge in [-0.15, -0.1) is 0 Å². The number of aryl methyl sites for hydroxylation is 1. The van der Waals surface area contributed by atoms with E-state index in [1.54, 1.807) is 18.2 Å². The van der Waals surface area contributed by atoms with Crippen LogP contribution in [0.1, 0.15) is 16.7 Å². The number of benzene rings is 2. The molecule has 0 aliphatic heterocycles. The Labute approximate surface area is 123 Å². The number of nitrogen functional groups attached to an aromatic ring is 1. The Bertz CT molecular complexity index is 720. The number of nitrogens with one attached hydrogen (secondary N) is 2. The molecule has 106 valence electrons. The first-order valence-corrected chi connectivity index (χ1v) is 6.51. The first-order chi connectivity index (χ1) is 10.0. The lowest BCUT2D eigenvalue weighted by Crippen LogP contribution is -2.10. The smallest absolute Gasteiger partial charge is 0.247 e. The molecular weight excluding hydrogens is 262 g/mol. The maximum Gasteiger partial charge on any atom is 0.247 e. The zero-order valence-electron chi connectivity index (χ0n) is 11.8. The molecule has 0 heterocycles. The molecule has 2 aromatic carbocycles. The van der Waals surface area contributed by atoms with Crippen LogP contribution in [0.5, 0.6) is 0 Å². The van der Waals surface area contributed by atoms with E-state index in [9.17, 15) is 4.79 Å². The van der Waals surface area contributed by atoms with Crippen molar-refractivity contribution < 1.29 is 4.79 Å². The minimum Gasteiger partial charge on any atom is -0.398 e. The minimum absolute atomic E-state index is 0.284. The quantitative estimate of drug-likeness (QED) is 0.457. The van der Waals surface area contributed by atoms with Gasteiger partial charge < -0.3 is 11.1 Å². The highest BCUT2D eigenvalue weighted by Crippen LogP contribution is 2.21. The van der Waals surface area contributed by atoms with E-state index in [0.717, 1.165) is 5.56 Å². The van der Waals surface area contributed by atoms with Gasteiger partial charge in [-0.1, -0.05) is 36.9 Å². The first kappa shape index (κ1) is 14.5. The normalized spacial score (nSPS) is 9.95. The molecule has 0 radical (unpaired) electrons. The third-order valence-corrected chi connectivity index (χ3v) is 3.20. The topological polar surface area (TPSA) is 79.0 Å². The van der Waals surface area contributed by atoms with Crippen molar-refractivity contribution >= 4 is 23.0 Å². The van der Waals surface area contributed by atoms with Gasteiger partial charge in [0.2, 0.25) is 5.91 Å². The second kappa shape index (κ2) is 6.05. The van der Waals surface area contributed by atoms with Gasteiger partial charge in [0, 0.05) is 22.5 Å². The van der Waals surface area contributed by atoms with Crippen molar-refractivity contribution in [1.82, 2.24) is 0 Å². The highest BCUT2D eigenvalue weighted by Gasteiger charge is 2.10. The third kappa shape index (κ3) is 3.17. The van der Waals surface area contributed by atoms with Gasteiger partial charge in [0.1, 0.15) is 0 Å². The van der Waals surface area contributed by atoms with E-state index in [-0.39, 0.29) is 5.91 Å². The van der Waals surface area contributed by atoms with Gasteiger partial charge in [0.25, 0.3) is 0 Å². The van der Waals surface area contributed by atoms with E-state index in [4.69, 9.17) is 11.1 Å². The van der Waals surface area contributed by atoms with Crippen LogP contribution < -0.4 is 11.1 Å². The number of nitrogens with two attached hydrogens (primary N) is 1. The van der Waals surface area contributed by atoms with Crippen molar-refractivity contribution in [1.29, 1.82) is 5.41 Å². The largest absolute Gasteiger partial charge is 0.398 e. The van der Waals surface area contributed by atoms with Gasteiger partial charge in [-0.05, 0) is 30.7 Å². The molecule has 21 heavy (non-hydrogen) atoms. The molecule has 0 unspecified atom stereocenters.